The zero-order valence-corrected chi connectivity index (χ0v) is 15.6. The number of nitrogens with one attached hydrogen (secondary N) is 2. The highest BCUT2D eigenvalue weighted by Crippen LogP contribution is 2.19. The standard InChI is InChI=1S/C20H26N4O3/c1-15-4-2-3-5-17(15)14-23-9-6-16(13-23)12-21-18(25)7-10-24-11-8-19(26)22-20(24)27/h2-5,8,11,16H,6-7,9-10,12-14H2,1H3,(H,21,25)(H,22,26,27). The number of hydrogen-bond donors (Lipinski definition) is 2. The van der Waals surface area contributed by atoms with Gasteiger partial charge >= 0.3 is 5.69 Å². The van der Waals surface area contributed by atoms with Crippen LogP contribution in [0, 0.1) is 12.8 Å². The Balaban J connectivity index is 1.40. The first-order chi connectivity index (χ1) is 13.0. The fourth-order valence-electron chi connectivity index (χ4n) is 3.44. The van der Waals surface area contributed by atoms with Crippen LogP contribution in [0.15, 0.2) is 46.1 Å². The minimum absolute atomic E-state index is 0.0783. The maximum atomic E-state index is 12.1. The molecule has 0 bridgehead atoms. The van der Waals surface area contributed by atoms with Gasteiger partial charge in [-0.2, -0.15) is 0 Å². The Morgan fingerprint density at radius 2 is 2.07 bits per heavy atom. The van der Waals surface area contributed by atoms with Crippen molar-refractivity contribution in [2.45, 2.75) is 32.9 Å². The van der Waals surface area contributed by atoms with E-state index in [-0.39, 0.29) is 18.9 Å². The smallest absolute Gasteiger partial charge is 0.328 e. The van der Waals surface area contributed by atoms with Gasteiger partial charge in [-0.1, -0.05) is 24.3 Å². The zero-order chi connectivity index (χ0) is 19.2. The molecule has 0 radical (unpaired) electrons. The SMILES string of the molecule is Cc1ccccc1CN1CCC(CNC(=O)CCn2ccc(=O)[nH]c2=O)C1. The molecule has 3 rings (SSSR count). The number of aromatic nitrogens is 2. The minimum Gasteiger partial charge on any atom is -0.356 e. The summed E-state index contributed by atoms with van der Waals surface area (Å²) < 4.78 is 1.33. The number of likely N-dealkylation sites (tertiary alicyclic amines) is 1. The summed E-state index contributed by atoms with van der Waals surface area (Å²) in [5.41, 5.74) is 1.75. The second kappa shape index (κ2) is 8.81. The average molecular weight is 370 g/mol. The molecule has 2 aromatic rings. The minimum atomic E-state index is -0.488. The van der Waals surface area contributed by atoms with Gasteiger partial charge in [-0.05, 0) is 36.9 Å². The summed E-state index contributed by atoms with van der Waals surface area (Å²) in [6.07, 6.45) is 2.70. The van der Waals surface area contributed by atoms with Gasteiger partial charge in [0.2, 0.25) is 5.91 Å². The van der Waals surface area contributed by atoms with Crippen molar-refractivity contribution in [2.24, 2.45) is 5.92 Å². The molecule has 1 aliphatic rings. The maximum Gasteiger partial charge on any atom is 0.328 e. The van der Waals surface area contributed by atoms with Crippen molar-refractivity contribution in [3.63, 3.8) is 0 Å². The van der Waals surface area contributed by atoms with E-state index in [0.29, 0.717) is 12.5 Å². The number of benzene rings is 1. The number of nitrogens with zero attached hydrogens (tertiary/aromatic N) is 2. The van der Waals surface area contributed by atoms with E-state index in [2.05, 4.69) is 46.4 Å². The molecule has 2 N–H and O–H groups in total. The Bertz CT molecular complexity index is 902. The van der Waals surface area contributed by atoms with Crippen LogP contribution in [-0.2, 0) is 17.9 Å². The molecule has 1 fully saturated rings. The van der Waals surface area contributed by atoms with Gasteiger partial charge < -0.3 is 9.88 Å². The molecule has 1 atom stereocenters. The van der Waals surface area contributed by atoms with E-state index in [4.69, 9.17) is 0 Å². The first-order valence-electron chi connectivity index (χ1n) is 9.34. The monoisotopic (exact) mass is 370 g/mol. The molecule has 1 amide bonds. The number of hydrogen-bond acceptors (Lipinski definition) is 4. The quantitative estimate of drug-likeness (QED) is 0.757. The van der Waals surface area contributed by atoms with Crippen molar-refractivity contribution in [2.75, 3.05) is 19.6 Å². The Kier molecular flexibility index (Phi) is 6.24. The maximum absolute atomic E-state index is 12.1. The highest BCUT2D eigenvalue weighted by Gasteiger charge is 2.23. The van der Waals surface area contributed by atoms with Crippen LogP contribution in [0.2, 0.25) is 0 Å². The van der Waals surface area contributed by atoms with E-state index in [1.54, 1.807) is 0 Å². The summed E-state index contributed by atoms with van der Waals surface area (Å²) >= 11 is 0. The number of aromatic amines is 1. The van der Waals surface area contributed by atoms with Gasteiger partial charge in [0.25, 0.3) is 5.56 Å². The van der Waals surface area contributed by atoms with Crippen molar-refractivity contribution < 1.29 is 4.79 Å². The van der Waals surface area contributed by atoms with E-state index in [1.165, 1.54) is 28.0 Å². The number of amides is 1. The molecular formula is C20H26N4O3. The topological polar surface area (TPSA) is 87.2 Å². The van der Waals surface area contributed by atoms with Gasteiger partial charge in [0.1, 0.15) is 0 Å². The van der Waals surface area contributed by atoms with Crippen LogP contribution in [0.4, 0.5) is 0 Å². The van der Waals surface area contributed by atoms with Crippen LogP contribution in [-0.4, -0.2) is 40.0 Å². The molecule has 1 saturated heterocycles. The Labute approximate surface area is 158 Å². The van der Waals surface area contributed by atoms with Gasteiger partial charge in [0, 0.05) is 44.9 Å². The third kappa shape index (κ3) is 5.40. The molecule has 0 saturated carbocycles. The molecule has 1 aliphatic heterocycles. The normalized spacial score (nSPS) is 17.1. The van der Waals surface area contributed by atoms with Crippen LogP contribution in [0.25, 0.3) is 0 Å². The number of H-pyrrole nitrogens is 1. The largest absolute Gasteiger partial charge is 0.356 e. The van der Waals surface area contributed by atoms with Crippen LogP contribution < -0.4 is 16.6 Å². The molecule has 2 heterocycles. The number of rotatable bonds is 7. The predicted octanol–water partition coefficient (Wildman–Crippen LogP) is 0.873. The summed E-state index contributed by atoms with van der Waals surface area (Å²) in [6.45, 7) is 6.02. The van der Waals surface area contributed by atoms with Crippen molar-refractivity contribution >= 4 is 5.91 Å². The molecule has 1 unspecified atom stereocenters. The number of carbonyl (C=O) groups excluding carboxylic acids is 1. The van der Waals surface area contributed by atoms with Crippen molar-refractivity contribution in [1.29, 1.82) is 0 Å². The lowest BCUT2D eigenvalue weighted by Crippen LogP contribution is -2.33. The van der Waals surface area contributed by atoms with Gasteiger partial charge in [-0.25, -0.2) is 4.79 Å². The highest BCUT2D eigenvalue weighted by atomic mass is 16.2. The average Bonchev–Trinajstić information content (AvgIpc) is 3.09. The molecule has 7 heteroatoms. The van der Waals surface area contributed by atoms with E-state index >= 15 is 0 Å². The lowest BCUT2D eigenvalue weighted by molar-refractivity contribution is -0.121. The van der Waals surface area contributed by atoms with Crippen molar-refractivity contribution in [1.82, 2.24) is 19.8 Å². The fourth-order valence-corrected chi connectivity index (χ4v) is 3.44. The van der Waals surface area contributed by atoms with Crippen LogP contribution in [0.3, 0.4) is 0 Å². The Hall–Kier alpha value is -2.67. The number of aryl methyl sites for hydroxylation is 2. The van der Waals surface area contributed by atoms with Crippen LogP contribution in [0.5, 0.6) is 0 Å². The first-order valence-corrected chi connectivity index (χ1v) is 9.34. The third-order valence-electron chi connectivity index (χ3n) is 5.09. The van der Waals surface area contributed by atoms with E-state index in [0.717, 1.165) is 26.1 Å². The Morgan fingerprint density at radius 1 is 1.26 bits per heavy atom. The van der Waals surface area contributed by atoms with E-state index in [1.807, 2.05) is 0 Å². The van der Waals surface area contributed by atoms with Crippen LogP contribution >= 0.6 is 0 Å². The lowest BCUT2D eigenvalue weighted by Gasteiger charge is -2.17. The van der Waals surface area contributed by atoms with Gasteiger partial charge in [0.15, 0.2) is 0 Å². The summed E-state index contributed by atoms with van der Waals surface area (Å²) in [7, 11) is 0. The molecule has 144 valence electrons. The molecular weight excluding hydrogens is 344 g/mol. The molecule has 7 nitrogen and oxygen atoms in total. The van der Waals surface area contributed by atoms with Gasteiger partial charge in [-0.3, -0.25) is 19.5 Å². The zero-order valence-electron chi connectivity index (χ0n) is 15.6. The van der Waals surface area contributed by atoms with Gasteiger partial charge in [-0.15, -0.1) is 0 Å². The molecule has 27 heavy (non-hydrogen) atoms. The summed E-state index contributed by atoms with van der Waals surface area (Å²) in [4.78, 5) is 39.3. The molecule has 1 aromatic carbocycles. The first kappa shape index (κ1) is 19.1. The highest BCUT2D eigenvalue weighted by molar-refractivity contribution is 5.75. The van der Waals surface area contributed by atoms with E-state index < -0.39 is 11.2 Å². The lowest BCUT2D eigenvalue weighted by atomic mass is 10.1. The third-order valence-corrected chi connectivity index (χ3v) is 5.09. The summed E-state index contributed by atoms with van der Waals surface area (Å²) in [6, 6.07) is 9.72. The second-order valence-corrected chi connectivity index (χ2v) is 7.17. The van der Waals surface area contributed by atoms with Crippen molar-refractivity contribution in [3.05, 3.63) is 68.5 Å². The van der Waals surface area contributed by atoms with Gasteiger partial charge in [0.05, 0.1) is 0 Å². The van der Waals surface area contributed by atoms with E-state index in [9.17, 15) is 14.4 Å². The summed E-state index contributed by atoms with van der Waals surface area (Å²) in [5.74, 6) is 0.374. The van der Waals surface area contributed by atoms with Crippen molar-refractivity contribution in [3.8, 4) is 0 Å². The fraction of sp³-hybridized carbons (Fsp3) is 0.450. The van der Waals surface area contributed by atoms with Crippen LogP contribution in [0.1, 0.15) is 24.0 Å². The number of carbonyl (C=O) groups is 1. The summed E-state index contributed by atoms with van der Waals surface area (Å²) in [5, 5.41) is 2.97. The predicted molar refractivity (Wildman–Crippen MR) is 104 cm³/mol. The molecule has 0 aliphatic carbocycles. The molecule has 0 spiro atoms. The molecule has 1 aromatic heterocycles. The second-order valence-electron chi connectivity index (χ2n) is 7.17. The Morgan fingerprint density at radius 3 is 2.85 bits per heavy atom.